The summed E-state index contributed by atoms with van der Waals surface area (Å²) in [4.78, 5) is 16.6. The van der Waals surface area contributed by atoms with Gasteiger partial charge in [0, 0.05) is 36.2 Å². The number of nitrogens with zero attached hydrogens (tertiary/aromatic N) is 1. The Morgan fingerprint density at radius 3 is 3.11 bits per heavy atom. The third-order valence-electron chi connectivity index (χ3n) is 3.48. The van der Waals surface area contributed by atoms with E-state index in [2.05, 4.69) is 16.8 Å². The van der Waals surface area contributed by atoms with Crippen LogP contribution in [0.25, 0.3) is 10.9 Å². The summed E-state index contributed by atoms with van der Waals surface area (Å²) in [6, 6.07) is 5.02. The number of hydrogen-bond donors (Lipinski definition) is 1. The summed E-state index contributed by atoms with van der Waals surface area (Å²) in [5.41, 5.74) is 2.56. The van der Waals surface area contributed by atoms with Crippen LogP contribution in [0.5, 0.6) is 0 Å². The highest BCUT2D eigenvalue weighted by Gasteiger charge is 2.23. The maximum absolute atomic E-state index is 13.7. The van der Waals surface area contributed by atoms with Gasteiger partial charge in [-0.3, -0.25) is 4.79 Å². The fourth-order valence-electron chi connectivity index (χ4n) is 2.56. The van der Waals surface area contributed by atoms with Crippen molar-refractivity contribution in [3.8, 4) is 11.8 Å². The molecule has 2 aromatic rings. The highest BCUT2D eigenvalue weighted by Crippen LogP contribution is 2.28. The summed E-state index contributed by atoms with van der Waals surface area (Å²) in [6.45, 7) is 2.76. The van der Waals surface area contributed by atoms with E-state index in [1.54, 1.807) is 17.9 Å². The van der Waals surface area contributed by atoms with Gasteiger partial charge in [-0.2, -0.15) is 0 Å². The van der Waals surface area contributed by atoms with Crippen LogP contribution in [0.3, 0.4) is 0 Å². The number of aromatic nitrogens is 1. The molecule has 1 N–H and O–H groups in total. The second-order valence-electron chi connectivity index (χ2n) is 4.60. The van der Waals surface area contributed by atoms with Crippen LogP contribution in [0.2, 0.25) is 0 Å². The van der Waals surface area contributed by atoms with Crippen LogP contribution in [0, 0.1) is 17.7 Å². The fraction of sp³-hybridized carbons (Fsp3) is 0.267. The molecule has 4 heteroatoms. The van der Waals surface area contributed by atoms with Gasteiger partial charge in [0.1, 0.15) is 5.82 Å². The Hall–Kier alpha value is -2.28. The fourth-order valence-corrected chi connectivity index (χ4v) is 2.56. The van der Waals surface area contributed by atoms with E-state index >= 15 is 0 Å². The van der Waals surface area contributed by atoms with Gasteiger partial charge in [0.05, 0.1) is 5.52 Å². The number of carbonyl (C=O) groups excluding carboxylic acids is 1. The average Bonchev–Trinajstić information content (AvgIpc) is 2.78. The van der Waals surface area contributed by atoms with E-state index in [0.29, 0.717) is 25.0 Å². The third kappa shape index (κ3) is 1.88. The molecular weight excluding hydrogens is 243 g/mol. The Labute approximate surface area is 110 Å². The Bertz CT molecular complexity index is 721. The maximum Gasteiger partial charge on any atom is 0.298 e. The zero-order valence-corrected chi connectivity index (χ0v) is 10.6. The van der Waals surface area contributed by atoms with Crippen LogP contribution in [0.1, 0.15) is 18.2 Å². The number of para-hydroxylation sites is 1. The first-order chi connectivity index (χ1) is 9.20. The van der Waals surface area contributed by atoms with E-state index < -0.39 is 0 Å². The number of carbonyl (C=O) groups is 1. The van der Waals surface area contributed by atoms with Crippen molar-refractivity contribution in [1.82, 2.24) is 9.88 Å². The molecule has 96 valence electrons. The SMILES string of the molecule is CC#CC(=O)N1CCc2[nH]c3c(F)cccc3c2C1. The molecule has 0 atom stereocenters. The highest BCUT2D eigenvalue weighted by atomic mass is 19.1. The van der Waals surface area contributed by atoms with Crippen LogP contribution in [0.15, 0.2) is 18.2 Å². The quantitative estimate of drug-likeness (QED) is 0.721. The van der Waals surface area contributed by atoms with Gasteiger partial charge in [0.25, 0.3) is 5.91 Å². The summed E-state index contributed by atoms with van der Waals surface area (Å²) in [5, 5.41) is 0.858. The maximum atomic E-state index is 13.7. The number of amides is 1. The Morgan fingerprint density at radius 1 is 1.47 bits per heavy atom. The van der Waals surface area contributed by atoms with Gasteiger partial charge >= 0.3 is 0 Å². The van der Waals surface area contributed by atoms with E-state index in [9.17, 15) is 9.18 Å². The zero-order chi connectivity index (χ0) is 13.4. The molecule has 3 nitrogen and oxygen atoms in total. The monoisotopic (exact) mass is 256 g/mol. The molecule has 0 radical (unpaired) electrons. The predicted octanol–water partition coefficient (Wildman–Crippen LogP) is 2.21. The Balaban J connectivity index is 2.04. The summed E-state index contributed by atoms with van der Waals surface area (Å²) >= 11 is 0. The first-order valence-corrected chi connectivity index (χ1v) is 6.20. The molecule has 1 aromatic heterocycles. The van der Waals surface area contributed by atoms with Crippen molar-refractivity contribution in [2.45, 2.75) is 19.9 Å². The lowest BCUT2D eigenvalue weighted by molar-refractivity contribution is -0.125. The van der Waals surface area contributed by atoms with Crippen molar-refractivity contribution < 1.29 is 9.18 Å². The largest absolute Gasteiger partial charge is 0.356 e. The Kier molecular flexibility index (Phi) is 2.75. The highest BCUT2D eigenvalue weighted by molar-refractivity contribution is 5.94. The van der Waals surface area contributed by atoms with E-state index in [1.807, 2.05) is 6.07 Å². The van der Waals surface area contributed by atoms with Gasteiger partial charge in [-0.1, -0.05) is 18.1 Å². The molecular formula is C15H13FN2O. The molecule has 1 aromatic carbocycles. The van der Waals surface area contributed by atoms with Crippen molar-refractivity contribution in [2.75, 3.05) is 6.54 Å². The van der Waals surface area contributed by atoms with E-state index in [1.165, 1.54) is 6.07 Å². The van der Waals surface area contributed by atoms with Crippen LogP contribution >= 0.6 is 0 Å². The van der Waals surface area contributed by atoms with Crippen LogP contribution in [-0.4, -0.2) is 22.3 Å². The van der Waals surface area contributed by atoms with Gasteiger partial charge in [-0.05, 0) is 18.9 Å². The van der Waals surface area contributed by atoms with E-state index in [4.69, 9.17) is 0 Å². The van der Waals surface area contributed by atoms with Crippen LogP contribution in [-0.2, 0) is 17.8 Å². The molecule has 1 amide bonds. The molecule has 0 unspecified atom stereocenters. The van der Waals surface area contributed by atoms with Gasteiger partial charge in [-0.15, -0.1) is 0 Å². The number of fused-ring (bicyclic) bond motifs is 3. The van der Waals surface area contributed by atoms with E-state index in [-0.39, 0.29) is 11.7 Å². The molecule has 0 bridgehead atoms. The first-order valence-electron chi connectivity index (χ1n) is 6.20. The summed E-state index contributed by atoms with van der Waals surface area (Å²) in [7, 11) is 0. The standard InChI is InChI=1S/C15H13FN2O/c1-2-4-14(19)18-8-7-13-11(9-18)10-5-3-6-12(16)15(10)17-13/h3,5-6,17H,7-9H2,1H3. The first kappa shape index (κ1) is 11.8. The van der Waals surface area contributed by atoms with Gasteiger partial charge in [0.15, 0.2) is 0 Å². The van der Waals surface area contributed by atoms with Crippen molar-refractivity contribution in [2.24, 2.45) is 0 Å². The second-order valence-corrected chi connectivity index (χ2v) is 4.60. The lowest BCUT2D eigenvalue weighted by Crippen LogP contribution is -2.34. The smallest absolute Gasteiger partial charge is 0.298 e. The minimum Gasteiger partial charge on any atom is -0.356 e. The molecule has 19 heavy (non-hydrogen) atoms. The lowest BCUT2D eigenvalue weighted by atomic mass is 10.0. The molecule has 0 saturated heterocycles. The number of aromatic amines is 1. The number of nitrogens with one attached hydrogen (secondary N) is 1. The van der Waals surface area contributed by atoms with Crippen LogP contribution < -0.4 is 0 Å². The van der Waals surface area contributed by atoms with Crippen molar-refractivity contribution >= 4 is 16.8 Å². The minimum atomic E-state index is -0.252. The molecule has 2 heterocycles. The predicted molar refractivity (Wildman–Crippen MR) is 70.8 cm³/mol. The molecule has 1 aliphatic rings. The molecule has 0 spiro atoms. The van der Waals surface area contributed by atoms with Crippen molar-refractivity contribution in [3.63, 3.8) is 0 Å². The number of halogens is 1. The number of H-pyrrole nitrogens is 1. The molecule has 3 rings (SSSR count). The number of hydrogen-bond acceptors (Lipinski definition) is 1. The van der Waals surface area contributed by atoms with Gasteiger partial charge in [0.2, 0.25) is 0 Å². The number of benzene rings is 1. The zero-order valence-electron chi connectivity index (χ0n) is 10.6. The molecule has 0 saturated carbocycles. The molecule has 0 aliphatic carbocycles. The van der Waals surface area contributed by atoms with Crippen molar-refractivity contribution in [1.29, 1.82) is 0 Å². The average molecular weight is 256 g/mol. The van der Waals surface area contributed by atoms with Crippen molar-refractivity contribution in [3.05, 3.63) is 35.3 Å². The Morgan fingerprint density at radius 2 is 2.32 bits per heavy atom. The van der Waals surface area contributed by atoms with Gasteiger partial charge < -0.3 is 9.88 Å². The summed E-state index contributed by atoms with van der Waals surface area (Å²) in [5.74, 6) is 4.75. The summed E-state index contributed by atoms with van der Waals surface area (Å²) in [6.07, 6.45) is 0.709. The minimum absolute atomic E-state index is 0.168. The summed E-state index contributed by atoms with van der Waals surface area (Å²) < 4.78 is 13.7. The second kappa shape index (κ2) is 4.43. The normalized spacial score (nSPS) is 13.9. The lowest BCUT2D eigenvalue weighted by Gasteiger charge is -2.25. The number of rotatable bonds is 0. The molecule has 1 aliphatic heterocycles. The topological polar surface area (TPSA) is 36.1 Å². The molecule has 0 fully saturated rings. The van der Waals surface area contributed by atoms with Crippen LogP contribution in [0.4, 0.5) is 4.39 Å². The van der Waals surface area contributed by atoms with Gasteiger partial charge in [-0.25, -0.2) is 4.39 Å². The van der Waals surface area contributed by atoms with E-state index in [0.717, 1.165) is 16.6 Å². The third-order valence-corrected chi connectivity index (χ3v) is 3.48.